The molecule has 1 fully saturated rings. The molecule has 1 unspecified atom stereocenters. The molecule has 1 aliphatic heterocycles. The molecule has 26 heavy (non-hydrogen) atoms. The maximum Gasteiger partial charge on any atom is 0.253 e. The molecule has 3 N–H and O–H groups in total. The molecule has 1 aliphatic carbocycles. The van der Waals surface area contributed by atoms with Gasteiger partial charge >= 0.3 is 0 Å². The first-order valence-electron chi connectivity index (χ1n) is 8.86. The maximum absolute atomic E-state index is 13.1. The first-order chi connectivity index (χ1) is 12.6. The molecule has 2 aliphatic rings. The molecule has 8 heteroatoms. The van der Waals surface area contributed by atoms with Gasteiger partial charge in [-0.3, -0.25) is 4.79 Å². The van der Waals surface area contributed by atoms with E-state index in [4.69, 9.17) is 5.73 Å². The molecule has 5 rings (SSSR count). The van der Waals surface area contributed by atoms with E-state index in [2.05, 4.69) is 25.4 Å². The van der Waals surface area contributed by atoms with Crippen molar-refractivity contribution in [3.8, 4) is 0 Å². The number of amides is 1. The summed E-state index contributed by atoms with van der Waals surface area (Å²) in [5, 5.41) is 10.7. The number of benzene rings is 1. The second-order valence-electron chi connectivity index (χ2n) is 7.24. The number of hydrogen-bond acceptors (Lipinski definition) is 6. The first-order valence-corrected chi connectivity index (χ1v) is 8.86. The van der Waals surface area contributed by atoms with Crippen LogP contribution in [0.1, 0.15) is 40.9 Å². The van der Waals surface area contributed by atoms with Crippen LogP contribution in [-0.4, -0.2) is 49.3 Å². The number of carbonyl (C=O) groups is 1. The van der Waals surface area contributed by atoms with Crippen molar-refractivity contribution < 1.29 is 4.79 Å². The van der Waals surface area contributed by atoms with Gasteiger partial charge in [-0.05, 0) is 49.4 Å². The lowest BCUT2D eigenvalue weighted by molar-refractivity contribution is 0.0633. The maximum atomic E-state index is 13.1. The number of carbonyl (C=O) groups excluding carboxylic acids is 1. The van der Waals surface area contributed by atoms with Gasteiger partial charge in [0, 0.05) is 30.3 Å². The van der Waals surface area contributed by atoms with Crippen molar-refractivity contribution in [2.75, 3.05) is 18.8 Å². The number of rotatable bonds is 1. The minimum atomic E-state index is -0.0989. The summed E-state index contributed by atoms with van der Waals surface area (Å²) in [4.78, 5) is 23.7. The Bertz CT molecular complexity index is 1010. The highest BCUT2D eigenvalue weighted by Crippen LogP contribution is 2.44. The lowest BCUT2D eigenvalue weighted by Gasteiger charge is -2.40. The molecule has 0 saturated carbocycles. The van der Waals surface area contributed by atoms with E-state index in [0.29, 0.717) is 23.6 Å². The highest BCUT2D eigenvalue weighted by molar-refractivity contribution is 5.97. The van der Waals surface area contributed by atoms with Crippen LogP contribution >= 0.6 is 0 Å². The Morgan fingerprint density at radius 3 is 3.04 bits per heavy atom. The van der Waals surface area contributed by atoms with Gasteiger partial charge in [-0.15, -0.1) is 0 Å². The van der Waals surface area contributed by atoms with E-state index in [1.807, 2.05) is 23.2 Å². The summed E-state index contributed by atoms with van der Waals surface area (Å²) in [5.41, 5.74) is 10.0. The summed E-state index contributed by atoms with van der Waals surface area (Å²) in [5.74, 6) is 0.342. The van der Waals surface area contributed by atoms with E-state index < -0.39 is 0 Å². The Morgan fingerprint density at radius 2 is 2.12 bits per heavy atom. The number of aromatic nitrogens is 5. The van der Waals surface area contributed by atoms with Crippen molar-refractivity contribution in [1.82, 2.24) is 30.3 Å². The van der Waals surface area contributed by atoms with Crippen LogP contribution in [0.2, 0.25) is 0 Å². The Morgan fingerprint density at radius 1 is 1.23 bits per heavy atom. The molecule has 3 aromatic rings. The number of nitrogens with zero attached hydrogens (tertiary/aromatic N) is 5. The van der Waals surface area contributed by atoms with Gasteiger partial charge in [-0.1, -0.05) is 0 Å². The number of nitrogens with one attached hydrogen (secondary N) is 1. The fourth-order valence-electron chi connectivity index (χ4n) is 4.41. The average molecular weight is 349 g/mol. The van der Waals surface area contributed by atoms with E-state index >= 15 is 0 Å². The van der Waals surface area contributed by atoms with Crippen LogP contribution in [0, 0.1) is 0 Å². The lowest BCUT2D eigenvalue weighted by atomic mass is 9.77. The number of H-pyrrole nitrogens is 1. The number of piperidine rings is 1. The predicted octanol–water partition coefficient (Wildman–Crippen LogP) is 1.45. The molecular weight excluding hydrogens is 330 g/mol. The summed E-state index contributed by atoms with van der Waals surface area (Å²) < 4.78 is 0. The Kier molecular flexibility index (Phi) is 3.22. The summed E-state index contributed by atoms with van der Waals surface area (Å²) in [6, 6.07) is 5.44. The Labute approximate surface area is 149 Å². The van der Waals surface area contributed by atoms with Gasteiger partial charge in [0.15, 0.2) is 0 Å². The highest BCUT2D eigenvalue weighted by Gasteiger charge is 2.44. The lowest BCUT2D eigenvalue weighted by Crippen LogP contribution is -2.48. The summed E-state index contributed by atoms with van der Waals surface area (Å²) in [6.07, 6.45) is 5.77. The van der Waals surface area contributed by atoms with Crippen LogP contribution in [0.15, 0.2) is 24.4 Å². The van der Waals surface area contributed by atoms with Crippen LogP contribution in [0.5, 0.6) is 0 Å². The molecule has 3 heterocycles. The zero-order valence-corrected chi connectivity index (χ0v) is 14.3. The molecule has 132 valence electrons. The quantitative estimate of drug-likeness (QED) is 0.687. The highest BCUT2D eigenvalue weighted by atomic mass is 16.2. The van der Waals surface area contributed by atoms with Crippen molar-refractivity contribution in [3.63, 3.8) is 0 Å². The van der Waals surface area contributed by atoms with Crippen molar-refractivity contribution in [1.29, 1.82) is 0 Å². The van der Waals surface area contributed by atoms with Crippen molar-refractivity contribution in [2.45, 2.75) is 31.1 Å². The molecule has 1 aromatic carbocycles. The van der Waals surface area contributed by atoms with Gasteiger partial charge in [0.05, 0.1) is 5.69 Å². The number of likely N-dealkylation sites (tertiary alicyclic amines) is 1. The topological polar surface area (TPSA) is 114 Å². The van der Waals surface area contributed by atoms with Gasteiger partial charge in [-0.25, -0.2) is 9.97 Å². The smallest absolute Gasteiger partial charge is 0.253 e. The third-order valence-corrected chi connectivity index (χ3v) is 5.69. The molecule has 1 saturated heterocycles. The fraction of sp³-hybridized carbons (Fsp3) is 0.389. The number of fused-ring (bicyclic) bond motifs is 3. The fourth-order valence-corrected chi connectivity index (χ4v) is 4.41. The monoisotopic (exact) mass is 349 g/mol. The van der Waals surface area contributed by atoms with Gasteiger partial charge in [0.2, 0.25) is 5.95 Å². The van der Waals surface area contributed by atoms with E-state index in [-0.39, 0.29) is 11.3 Å². The largest absolute Gasteiger partial charge is 0.368 e. The molecule has 0 radical (unpaired) electrons. The summed E-state index contributed by atoms with van der Waals surface area (Å²) in [7, 11) is 0. The predicted molar refractivity (Wildman–Crippen MR) is 95.5 cm³/mol. The standard InChI is InChI=1S/C18H19N7O/c19-17-20-9-12-4-6-18(15(12)21-17)5-1-7-25(10-18)16(26)11-2-3-13-14(8-11)23-24-22-13/h2-3,8-9H,1,4-7,10H2,(H2,19,20,21)(H,22,23,24). The second kappa shape index (κ2) is 5.48. The van der Waals surface area contributed by atoms with E-state index in [0.717, 1.165) is 49.0 Å². The van der Waals surface area contributed by atoms with E-state index in [1.165, 1.54) is 0 Å². The minimum Gasteiger partial charge on any atom is -0.368 e. The van der Waals surface area contributed by atoms with E-state index in [9.17, 15) is 4.79 Å². The van der Waals surface area contributed by atoms with Crippen molar-refractivity contribution >= 4 is 22.9 Å². The second-order valence-corrected chi connectivity index (χ2v) is 7.24. The third-order valence-electron chi connectivity index (χ3n) is 5.69. The number of anilines is 1. The summed E-state index contributed by atoms with van der Waals surface area (Å²) in [6.45, 7) is 1.43. The molecule has 2 aromatic heterocycles. The van der Waals surface area contributed by atoms with Gasteiger partial charge in [-0.2, -0.15) is 15.4 Å². The number of nitrogen functional groups attached to an aromatic ring is 1. The first kappa shape index (κ1) is 15.2. The van der Waals surface area contributed by atoms with Crippen LogP contribution < -0.4 is 5.73 Å². The van der Waals surface area contributed by atoms with Crippen LogP contribution in [-0.2, 0) is 11.8 Å². The Balaban J connectivity index is 1.46. The van der Waals surface area contributed by atoms with Gasteiger partial charge < -0.3 is 10.6 Å². The zero-order chi connectivity index (χ0) is 17.7. The SMILES string of the molecule is Nc1ncc2c(n1)C1(CCCN(C(=O)c3ccc4n[nH]nc4c3)C1)CC2. The molecule has 0 bridgehead atoms. The number of nitrogens with two attached hydrogens (primary N) is 1. The molecular formula is C18H19N7O. The molecule has 1 spiro atoms. The number of aromatic amines is 1. The minimum absolute atomic E-state index is 0.0319. The van der Waals surface area contributed by atoms with Gasteiger partial charge in [0.25, 0.3) is 5.91 Å². The van der Waals surface area contributed by atoms with Crippen molar-refractivity contribution in [3.05, 3.63) is 41.2 Å². The zero-order valence-electron chi connectivity index (χ0n) is 14.3. The van der Waals surface area contributed by atoms with Gasteiger partial charge in [0.1, 0.15) is 11.0 Å². The molecule has 1 atom stereocenters. The summed E-state index contributed by atoms with van der Waals surface area (Å²) >= 11 is 0. The molecule has 8 nitrogen and oxygen atoms in total. The normalized spacial score (nSPS) is 22.1. The van der Waals surface area contributed by atoms with Crippen LogP contribution in [0.3, 0.4) is 0 Å². The van der Waals surface area contributed by atoms with Crippen molar-refractivity contribution in [2.24, 2.45) is 0 Å². The molecule has 1 amide bonds. The average Bonchev–Trinajstić information content (AvgIpc) is 3.26. The van der Waals surface area contributed by atoms with E-state index in [1.54, 1.807) is 6.07 Å². The third kappa shape index (κ3) is 2.25. The number of aryl methyl sites for hydroxylation is 1. The van der Waals surface area contributed by atoms with Crippen LogP contribution in [0.25, 0.3) is 11.0 Å². The Hall–Kier alpha value is -3.03. The number of hydrogen-bond donors (Lipinski definition) is 2. The van der Waals surface area contributed by atoms with Crippen LogP contribution in [0.4, 0.5) is 5.95 Å².